The molecule has 0 saturated heterocycles. The van der Waals surface area contributed by atoms with Crippen molar-refractivity contribution >= 4 is 28.6 Å². The van der Waals surface area contributed by atoms with Crippen molar-refractivity contribution in [1.29, 1.82) is 0 Å². The lowest BCUT2D eigenvalue weighted by Crippen LogP contribution is -2.12. The van der Waals surface area contributed by atoms with Gasteiger partial charge in [0.2, 0.25) is 0 Å². The first-order chi connectivity index (χ1) is 19.8. The van der Waals surface area contributed by atoms with Gasteiger partial charge in [0.15, 0.2) is 0 Å². The van der Waals surface area contributed by atoms with E-state index < -0.39 is 11.9 Å². The number of carboxylic acids is 1. The molecule has 8 heteroatoms. The number of carboxylic acid groups (broad SMARTS) is 1. The highest BCUT2D eigenvalue weighted by Gasteiger charge is 2.27. The van der Waals surface area contributed by atoms with Gasteiger partial charge < -0.3 is 24.3 Å². The van der Waals surface area contributed by atoms with Crippen LogP contribution in [-0.2, 0) is 4.79 Å². The third-order valence-corrected chi connectivity index (χ3v) is 6.49. The fraction of sp³-hybridized carbons (Fsp3) is 0.303. The number of carbonyl (C=O) groups excluding carboxylic acids is 1. The molecule has 2 aromatic rings. The zero-order valence-corrected chi connectivity index (χ0v) is 24.2. The number of anilines is 1. The lowest BCUT2D eigenvalue weighted by Gasteiger charge is -2.21. The first-order valence-corrected chi connectivity index (χ1v) is 14.0. The molecule has 2 aliphatic rings. The van der Waals surface area contributed by atoms with Crippen LogP contribution in [0, 0.1) is 0 Å². The zero-order valence-electron chi connectivity index (χ0n) is 24.2. The van der Waals surface area contributed by atoms with Crippen LogP contribution in [-0.4, -0.2) is 36.7 Å². The number of aromatic carboxylic acids is 1. The number of benzene rings is 3. The van der Waals surface area contributed by atoms with Crippen molar-refractivity contribution in [3.63, 3.8) is 0 Å². The van der Waals surface area contributed by atoms with Gasteiger partial charge in [0, 0.05) is 64.6 Å². The van der Waals surface area contributed by atoms with Gasteiger partial charge in [-0.05, 0) is 63.9 Å². The van der Waals surface area contributed by atoms with E-state index in [0.717, 1.165) is 23.0 Å². The van der Waals surface area contributed by atoms with Gasteiger partial charge in [-0.25, -0.2) is 9.59 Å². The topological polar surface area (TPSA) is 110 Å². The molecule has 0 radical (unpaired) electrons. The maximum atomic E-state index is 12.8. The Balaban J connectivity index is 2.08. The Hall–Kier alpha value is -4.59. The lowest BCUT2D eigenvalue weighted by atomic mass is 9.89. The molecule has 0 aromatic heterocycles. The van der Waals surface area contributed by atoms with Crippen molar-refractivity contribution in [3.8, 4) is 33.9 Å². The first-order valence-electron chi connectivity index (χ1n) is 14.0. The number of hydrogen-bond donors (Lipinski definition) is 2. The SMILES string of the molecule is CCC=C(C)C(=O)Oc1cc(OCCC)c(-c2c3ccc(=NCC)cc-3oc3cc(NCC)ccc23)c(C(=O)O)c1. The number of nitrogens with one attached hydrogen (secondary N) is 1. The minimum atomic E-state index is -1.18. The Bertz CT molecular complexity index is 1650. The van der Waals surface area contributed by atoms with Crippen molar-refractivity contribution in [2.24, 2.45) is 4.99 Å². The fourth-order valence-electron chi connectivity index (χ4n) is 4.72. The molecule has 0 atom stereocenters. The number of esters is 1. The molecule has 0 amide bonds. The molecule has 0 fully saturated rings. The molecular weight excluding hydrogens is 520 g/mol. The summed E-state index contributed by atoms with van der Waals surface area (Å²) in [5, 5.41) is 15.2. The molecule has 0 bridgehead atoms. The van der Waals surface area contributed by atoms with E-state index >= 15 is 0 Å². The van der Waals surface area contributed by atoms with Crippen LogP contribution in [0.25, 0.3) is 33.4 Å². The van der Waals surface area contributed by atoms with E-state index in [0.29, 0.717) is 65.3 Å². The Morgan fingerprint density at radius 1 is 1.02 bits per heavy atom. The van der Waals surface area contributed by atoms with E-state index in [-0.39, 0.29) is 11.3 Å². The van der Waals surface area contributed by atoms with E-state index in [2.05, 4.69) is 10.3 Å². The Morgan fingerprint density at radius 3 is 2.51 bits per heavy atom. The summed E-state index contributed by atoms with van der Waals surface area (Å²) in [7, 11) is 0. The summed E-state index contributed by atoms with van der Waals surface area (Å²) in [6.45, 7) is 11.2. The number of carbonyl (C=O) groups is 2. The molecule has 1 aliphatic carbocycles. The van der Waals surface area contributed by atoms with Gasteiger partial charge in [-0.15, -0.1) is 0 Å². The van der Waals surface area contributed by atoms with E-state index in [4.69, 9.17) is 13.9 Å². The Kier molecular flexibility index (Phi) is 9.45. The third kappa shape index (κ3) is 6.43. The van der Waals surface area contributed by atoms with Crippen LogP contribution < -0.4 is 20.1 Å². The smallest absolute Gasteiger partial charge is 0.338 e. The summed E-state index contributed by atoms with van der Waals surface area (Å²) in [5.74, 6) is -0.763. The fourth-order valence-corrected chi connectivity index (χ4v) is 4.72. The average molecular weight is 557 g/mol. The molecule has 2 aromatic carbocycles. The number of rotatable bonds is 11. The molecular formula is C33H36N2O6. The normalized spacial score (nSPS) is 12.1. The summed E-state index contributed by atoms with van der Waals surface area (Å²) in [5.41, 5.74) is 3.58. The zero-order chi connectivity index (χ0) is 29.5. The Labute approximate surface area is 239 Å². The summed E-state index contributed by atoms with van der Waals surface area (Å²) >= 11 is 0. The second kappa shape index (κ2) is 13.2. The van der Waals surface area contributed by atoms with Gasteiger partial charge in [0.25, 0.3) is 0 Å². The predicted octanol–water partition coefficient (Wildman–Crippen LogP) is 7.31. The molecule has 2 N–H and O–H groups in total. The van der Waals surface area contributed by atoms with E-state index in [1.54, 1.807) is 19.1 Å². The third-order valence-electron chi connectivity index (χ3n) is 6.49. The molecule has 4 rings (SSSR count). The highest BCUT2D eigenvalue weighted by molar-refractivity contribution is 6.09. The van der Waals surface area contributed by atoms with Crippen LogP contribution in [0.5, 0.6) is 11.5 Å². The quantitative estimate of drug-likeness (QED) is 0.0863. The van der Waals surface area contributed by atoms with Crippen molar-refractivity contribution in [2.75, 3.05) is 25.0 Å². The maximum Gasteiger partial charge on any atom is 0.338 e. The van der Waals surface area contributed by atoms with Crippen LogP contribution in [0.15, 0.2) is 69.6 Å². The minimum Gasteiger partial charge on any atom is -0.493 e. The van der Waals surface area contributed by atoms with Gasteiger partial charge in [-0.1, -0.05) is 19.9 Å². The van der Waals surface area contributed by atoms with E-state index in [9.17, 15) is 14.7 Å². The summed E-state index contributed by atoms with van der Waals surface area (Å²) in [6, 6.07) is 14.3. The molecule has 0 saturated carbocycles. The molecule has 8 nitrogen and oxygen atoms in total. The van der Waals surface area contributed by atoms with Gasteiger partial charge in [0.05, 0.1) is 17.5 Å². The van der Waals surface area contributed by atoms with Gasteiger partial charge in [0.1, 0.15) is 22.8 Å². The van der Waals surface area contributed by atoms with Crippen LogP contribution in [0.2, 0.25) is 0 Å². The molecule has 214 valence electrons. The summed E-state index contributed by atoms with van der Waals surface area (Å²) in [4.78, 5) is 30.0. The molecule has 0 spiro atoms. The molecule has 1 heterocycles. The molecule has 0 unspecified atom stereocenters. The summed E-state index contributed by atoms with van der Waals surface area (Å²) in [6.07, 6.45) is 3.13. The number of fused-ring (bicyclic) bond motifs is 2. The van der Waals surface area contributed by atoms with Gasteiger partial charge >= 0.3 is 11.9 Å². The van der Waals surface area contributed by atoms with Crippen molar-refractivity contribution in [2.45, 2.75) is 47.5 Å². The second-order valence-corrected chi connectivity index (χ2v) is 9.56. The second-order valence-electron chi connectivity index (χ2n) is 9.56. The first kappa shape index (κ1) is 29.4. The van der Waals surface area contributed by atoms with Gasteiger partial charge in [-0.2, -0.15) is 0 Å². The van der Waals surface area contributed by atoms with Crippen LogP contribution in [0.3, 0.4) is 0 Å². The lowest BCUT2D eigenvalue weighted by molar-refractivity contribution is -0.130. The summed E-state index contributed by atoms with van der Waals surface area (Å²) < 4.78 is 18.1. The van der Waals surface area contributed by atoms with E-state index in [1.807, 2.05) is 64.1 Å². The molecule has 41 heavy (non-hydrogen) atoms. The minimum absolute atomic E-state index is 0.0505. The molecule has 1 aliphatic heterocycles. The van der Waals surface area contributed by atoms with Gasteiger partial charge in [-0.3, -0.25) is 4.99 Å². The Morgan fingerprint density at radius 2 is 1.83 bits per heavy atom. The average Bonchev–Trinajstić information content (AvgIpc) is 2.95. The van der Waals surface area contributed by atoms with E-state index in [1.165, 1.54) is 6.07 Å². The number of allylic oxidation sites excluding steroid dienone is 1. The maximum absolute atomic E-state index is 12.8. The predicted molar refractivity (Wildman–Crippen MR) is 161 cm³/mol. The standard InChI is InChI=1S/C33H36N2O6/c1-6-10-20(5)33(38)40-23-18-26(32(36)37)31(29(19-23)39-15-7-2)30-24-13-11-21(34-8-3)16-27(24)41-28-17-22(35-9-4)12-14-25(28)30/h10-14,16-19,34H,6-9,15H2,1-5H3,(H,36,37). The number of hydrogen-bond acceptors (Lipinski definition) is 7. The largest absolute Gasteiger partial charge is 0.493 e. The number of nitrogens with zero attached hydrogens (tertiary/aromatic N) is 1. The monoisotopic (exact) mass is 556 g/mol. The van der Waals surface area contributed by atoms with Crippen molar-refractivity contribution < 1.29 is 28.6 Å². The van der Waals surface area contributed by atoms with Crippen molar-refractivity contribution in [1.82, 2.24) is 0 Å². The van der Waals surface area contributed by atoms with Crippen LogP contribution >= 0.6 is 0 Å². The van der Waals surface area contributed by atoms with Crippen LogP contribution in [0.4, 0.5) is 5.69 Å². The highest BCUT2D eigenvalue weighted by Crippen LogP contribution is 2.47. The van der Waals surface area contributed by atoms with Crippen molar-refractivity contribution in [3.05, 3.63) is 71.1 Å². The highest BCUT2D eigenvalue weighted by atomic mass is 16.5. The van der Waals surface area contributed by atoms with Crippen LogP contribution in [0.1, 0.15) is 57.8 Å². The number of ether oxygens (including phenoxy) is 2.